The average molecular weight is 753 g/mol. The van der Waals surface area contributed by atoms with Crippen molar-refractivity contribution >= 4 is 0 Å². The van der Waals surface area contributed by atoms with Crippen LogP contribution in [0.25, 0.3) is 0 Å². The van der Waals surface area contributed by atoms with Gasteiger partial charge in [0, 0.05) is 0 Å². The summed E-state index contributed by atoms with van der Waals surface area (Å²) in [6, 6.07) is 8.33. The van der Waals surface area contributed by atoms with Crippen molar-refractivity contribution < 1.29 is 28.4 Å². The molecule has 3 fully saturated rings. The van der Waals surface area contributed by atoms with Crippen LogP contribution in [-0.2, 0) is 23.7 Å². The molecule has 0 bridgehead atoms. The molecule has 6 heteroatoms. The van der Waals surface area contributed by atoms with Crippen LogP contribution < -0.4 is 4.74 Å². The van der Waals surface area contributed by atoms with Gasteiger partial charge in [0.25, 0.3) is 0 Å². The van der Waals surface area contributed by atoms with E-state index in [9.17, 15) is 0 Å². The minimum atomic E-state index is 0.227. The smallest absolute Gasteiger partial charge is 0.122 e. The molecule has 0 saturated carbocycles. The van der Waals surface area contributed by atoms with E-state index in [4.69, 9.17) is 28.4 Å². The summed E-state index contributed by atoms with van der Waals surface area (Å²) < 4.78 is 32.6. The van der Waals surface area contributed by atoms with Crippen molar-refractivity contribution in [2.24, 2.45) is 22.2 Å². The third-order valence-corrected chi connectivity index (χ3v) is 9.68. The van der Waals surface area contributed by atoms with Crippen molar-refractivity contribution in [3.8, 4) is 5.75 Å². The zero-order chi connectivity index (χ0) is 41.0. The van der Waals surface area contributed by atoms with Crippen molar-refractivity contribution in [3.05, 3.63) is 103 Å². The van der Waals surface area contributed by atoms with Crippen molar-refractivity contribution in [1.29, 1.82) is 0 Å². The Balaban J connectivity index is 0.000000698. The largest absolute Gasteiger partial charge is 0.498 e. The molecule has 3 saturated heterocycles. The van der Waals surface area contributed by atoms with Crippen LogP contribution in [0.4, 0.5) is 0 Å². The summed E-state index contributed by atoms with van der Waals surface area (Å²) in [4.78, 5) is 0. The fourth-order valence-corrected chi connectivity index (χ4v) is 5.38. The highest BCUT2D eigenvalue weighted by atomic mass is 16.5. The molecule has 1 aromatic rings. The lowest BCUT2D eigenvalue weighted by Crippen LogP contribution is -2.46. The van der Waals surface area contributed by atoms with E-state index in [0.717, 1.165) is 89.5 Å². The minimum absolute atomic E-state index is 0.227. The molecule has 308 valence electrons. The van der Waals surface area contributed by atoms with Gasteiger partial charge in [0.05, 0.1) is 81.5 Å². The van der Waals surface area contributed by atoms with E-state index in [-0.39, 0.29) is 10.8 Å². The number of ether oxygens (including phenoxy) is 6. The first-order valence-corrected chi connectivity index (χ1v) is 20.4. The van der Waals surface area contributed by atoms with Gasteiger partial charge in [-0.1, -0.05) is 136 Å². The molecule has 3 aliphatic heterocycles. The van der Waals surface area contributed by atoms with Crippen molar-refractivity contribution in [1.82, 2.24) is 0 Å². The van der Waals surface area contributed by atoms with Crippen molar-refractivity contribution in [2.75, 3.05) is 59.5 Å². The number of benzene rings is 1. The minimum Gasteiger partial charge on any atom is -0.498 e. The quantitative estimate of drug-likeness (QED) is 0.110. The topological polar surface area (TPSA) is 55.4 Å². The Bertz CT molecular complexity index is 1240. The number of para-hydroxylation sites is 1. The summed E-state index contributed by atoms with van der Waals surface area (Å²) in [5.74, 6) is 3.79. The fraction of sp³-hybridized carbons (Fsp3) is 0.625. The molecule has 6 nitrogen and oxygen atoms in total. The summed E-state index contributed by atoms with van der Waals surface area (Å²) in [5.41, 5.74) is 3.53. The van der Waals surface area contributed by atoms with Crippen LogP contribution in [0.1, 0.15) is 120 Å². The van der Waals surface area contributed by atoms with Gasteiger partial charge in [-0.3, -0.25) is 0 Å². The molecule has 0 aliphatic carbocycles. The third kappa shape index (κ3) is 20.0. The van der Waals surface area contributed by atoms with Crippen LogP contribution in [0.5, 0.6) is 5.75 Å². The molecular weight excluding hydrogens is 673 g/mol. The second-order valence-electron chi connectivity index (χ2n) is 15.5. The molecule has 0 spiro atoms. The first-order valence-electron chi connectivity index (χ1n) is 20.4. The van der Waals surface area contributed by atoms with E-state index in [2.05, 4.69) is 112 Å². The molecule has 3 aliphatic rings. The van der Waals surface area contributed by atoms with Crippen molar-refractivity contribution in [2.45, 2.75) is 115 Å². The Morgan fingerprint density at radius 3 is 1.63 bits per heavy atom. The second kappa shape index (κ2) is 28.4. The molecule has 3 heterocycles. The first-order chi connectivity index (χ1) is 25.7. The van der Waals surface area contributed by atoms with Gasteiger partial charge in [0.1, 0.15) is 11.5 Å². The normalized spacial score (nSPS) is 17.3. The zero-order valence-corrected chi connectivity index (χ0v) is 36.7. The van der Waals surface area contributed by atoms with Crippen LogP contribution in [0.3, 0.4) is 0 Å². The number of hydrogen-bond acceptors (Lipinski definition) is 6. The van der Waals surface area contributed by atoms with Gasteiger partial charge in [-0.15, -0.1) is 0 Å². The maximum Gasteiger partial charge on any atom is 0.122 e. The highest BCUT2D eigenvalue weighted by molar-refractivity contribution is 5.35. The van der Waals surface area contributed by atoms with Gasteiger partial charge in [-0.05, 0) is 76.0 Å². The molecule has 1 aromatic carbocycles. The van der Waals surface area contributed by atoms with E-state index in [1.807, 2.05) is 45.9 Å². The lowest BCUT2D eigenvalue weighted by atomic mass is 9.84. The van der Waals surface area contributed by atoms with E-state index in [0.29, 0.717) is 23.7 Å². The van der Waals surface area contributed by atoms with Gasteiger partial charge < -0.3 is 28.4 Å². The second-order valence-corrected chi connectivity index (χ2v) is 15.5. The SMILES string of the molecule is C/C=C\C=C(/C)CC(C)C.C=C(C)OCC1(CC)COC1.C=C/C=C\C(=C)OCC1(CC)COC1.CC.CCC1(COc2ccccc2C(C)C)COC1. The van der Waals surface area contributed by atoms with Crippen LogP contribution in [0.15, 0.2) is 97.5 Å². The highest BCUT2D eigenvalue weighted by Crippen LogP contribution is 2.34. The standard InChI is InChI=1S/C15H22O2.C12H18O2.C10H18.C9H16O2.C2H6/c1-4-15(9-16-10-15)11-17-14-8-6-5-7-13(14)12(2)3;1-4-6-7-11(3)14-10-12(5-2)8-13-9-12;1-5-6-7-10(4)8-9(2)3;1-4-9(5-10-6-9)7-11-8(2)3;1-2/h5-8,12H,4,9-11H2,1-3H3;4,6-7H,1,3,5,8-10H2,2H3;5-7,9H,8H2,1-4H3;2,4-7H2,1,3H3;1-2H3/b;7-6-;6-5-,10-7+;;. The highest BCUT2D eigenvalue weighted by Gasteiger charge is 2.39. The van der Waals surface area contributed by atoms with Crippen molar-refractivity contribution in [3.63, 3.8) is 0 Å². The predicted octanol–water partition coefficient (Wildman–Crippen LogP) is 12.8. The molecule has 0 amide bonds. The number of allylic oxidation sites excluding steroid dienone is 8. The van der Waals surface area contributed by atoms with E-state index in [1.165, 1.54) is 17.6 Å². The maximum absolute atomic E-state index is 6.02. The van der Waals surface area contributed by atoms with Gasteiger partial charge in [0.15, 0.2) is 0 Å². The summed E-state index contributed by atoms with van der Waals surface area (Å²) in [6.07, 6.45) is 16.2. The Labute approximate surface area is 332 Å². The molecule has 0 atom stereocenters. The Kier molecular flexibility index (Phi) is 26.8. The summed E-state index contributed by atoms with van der Waals surface area (Å²) in [6.45, 7) is 43.8. The summed E-state index contributed by atoms with van der Waals surface area (Å²) in [5, 5.41) is 0. The van der Waals surface area contributed by atoms with E-state index < -0.39 is 0 Å². The van der Waals surface area contributed by atoms with Gasteiger partial charge >= 0.3 is 0 Å². The number of rotatable bonds is 18. The predicted molar refractivity (Wildman–Crippen MR) is 231 cm³/mol. The molecule has 0 aromatic heterocycles. The van der Waals surface area contributed by atoms with E-state index >= 15 is 0 Å². The molecular formula is C48H80O6. The van der Waals surface area contributed by atoms with Gasteiger partial charge in [-0.25, -0.2) is 0 Å². The molecule has 54 heavy (non-hydrogen) atoms. The molecule has 0 radical (unpaired) electrons. The first kappa shape index (κ1) is 50.9. The summed E-state index contributed by atoms with van der Waals surface area (Å²) >= 11 is 0. The van der Waals surface area contributed by atoms with Gasteiger partial charge in [-0.2, -0.15) is 0 Å². The lowest BCUT2D eigenvalue weighted by molar-refractivity contribution is -0.142. The lowest BCUT2D eigenvalue weighted by Gasteiger charge is -2.40. The van der Waals surface area contributed by atoms with Gasteiger partial charge in [0.2, 0.25) is 0 Å². The zero-order valence-electron chi connectivity index (χ0n) is 36.7. The number of hydrogen-bond donors (Lipinski definition) is 0. The Morgan fingerprint density at radius 2 is 1.24 bits per heavy atom. The summed E-state index contributed by atoms with van der Waals surface area (Å²) in [7, 11) is 0. The average Bonchev–Trinajstić information content (AvgIpc) is 3.10. The Morgan fingerprint density at radius 1 is 0.759 bits per heavy atom. The maximum atomic E-state index is 6.02. The Hall–Kier alpha value is -3.06. The van der Waals surface area contributed by atoms with Crippen LogP contribution >= 0.6 is 0 Å². The molecule has 4 rings (SSSR count). The third-order valence-electron chi connectivity index (χ3n) is 9.68. The molecule has 0 N–H and O–H groups in total. The fourth-order valence-electron chi connectivity index (χ4n) is 5.38. The molecule has 0 unspecified atom stereocenters. The monoisotopic (exact) mass is 753 g/mol. The van der Waals surface area contributed by atoms with Crippen LogP contribution in [0, 0.1) is 22.2 Å². The van der Waals surface area contributed by atoms with Crippen LogP contribution in [0.2, 0.25) is 0 Å². The van der Waals surface area contributed by atoms with Crippen LogP contribution in [-0.4, -0.2) is 59.5 Å². The van der Waals surface area contributed by atoms with E-state index in [1.54, 1.807) is 6.08 Å².